The normalized spacial score (nSPS) is 16.8. The molecule has 2 aromatic carbocycles. The van der Waals surface area contributed by atoms with E-state index < -0.39 is 5.97 Å². The van der Waals surface area contributed by atoms with Gasteiger partial charge in [-0.1, -0.05) is 6.07 Å². The Labute approximate surface area is 173 Å². The number of hydrogen-bond donors (Lipinski definition) is 2. The van der Waals surface area contributed by atoms with Gasteiger partial charge in [0.05, 0.1) is 27.7 Å². The number of phenolic OH excluding ortho intramolecular Hbond substituents is 1. The monoisotopic (exact) mass is 462 g/mol. The molecule has 0 bridgehead atoms. The molecule has 0 aromatic heterocycles. The number of carbonyl (C=O) groups excluding carboxylic acids is 1. The van der Waals surface area contributed by atoms with Crippen LogP contribution in [0.15, 0.2) is 50.8 Å². The van der Waals surface area contributed by atoms with E-state index in [1.165, 1.54) is 35.9 Å². The average molecular weight is 463 g/mol. The molecule has 2 aromatic rings. The molecule has 7 nitrogen and oxygen atoms in total. The first-order chi connectivity index (χ1) is 13.3. The number of benzene rings is 2. The zero-order valence-corrected chi connectivity index (χ0v) is 17.2. The molecule has 0 unspecified atom stereocenters. The summed E-state index contributed by atoms with van der Waals surface area (Å²) in [6.45, 7) is 0. The molecular formula is C19H15BrN2O5S. The Kier molecular flexibility index (Phi) is 5.76. The number of thioether (sulfide) groups is 1. The predicted octanol–water partition coefficient (Wildman–Crippen LogP) is 4.10. The summed E-state index contributed by atoms with van der Waals surface area (Å²) in [6, 6.07) is 9.47. The predicted molar refractivity (Wildman–Crippen MR) is 111 cm³/mol. The average Bonchev–Trinajstić information content (AvgIpc) is 2.92. The van der Waals surface area contributed by atoms with E-state index in [2.05, 4.69) is 20.9 Å². The second-order valence-electron chi connectivity index (χ2n) is 5.78. The number of carbonyl (C=O) groups is 2. The van der Waals surface area contributed by atoms with Crippen molar-refractivity contribution in [2.75, 3.05) is 14.2 Å². The molecule has 0 radical (unpaired) electrons. The van der Waals surface area contributed by atoms with Crippen molar-refractivity contribution in [2.24, 2.45) is 4.99 Å². The molecule has 1 amide bonds. The standard InChI is InChI=1S/C19H15BrN2O5S/c1-22-17(24)15(8-10-6-13(20)16(23)14(7-10)27-2)28-19(22)21-12-5-3-4-11(9-12)18(25)26/h3-9,23H,1-2H3,(H,25,26). The lowest BCUT2D eigenvalue weighted by Crippen LogP contribution is -2.23. The summed E-state index contributed by atoms with van der Waals surface area (Å²) >= 11 is 4.43. The van der Waals surface area contributed by atoms with E-state index in [4.69, 9.17) is 9.84 Å². The summed E-state index contributed by atoms with van der Waals surface area (Å²) in [7, 11) is 3.04. The summed E-state index contributed by atoms with van der Waals surface area (Å²) in [5.74, 6) is -1.02. The van der Waals surface area contributed by atoms with E-state index >= 15 is 0 Å². The quantitative estimate of drug-likeness (QED) is 0.663. The van der Waals surface area contributed by atoms with Gasteiger partial charge >= 0.3 is 5.97 Å². The SMILES string of the molecule is COc1cc(C=C2SC(=Nc3cccc(C(=O)O)c3)N(C)C2=O)cc(Br)c1O. The minimum absolute atomic E-state index is 0.0206. The van der Waals surface area contributed by atoms with Gasteiger partial charge in [-0.05, 0) is 69.7 Å². The van der Waals surface area contributed by atoms with Crippen LogP contribution in [0, 0.1) is 0 Å². The first kappa shape index (κ1) is 20.0. The molecule has 0 aliphatic carbocycles. The van der Waals surface area contributed by atoms with Gasteiger partial charge in [-0.15, -0.1) is 0 Å². The van der Waals surface area contributed by atoms with Crippen LogP contribution in [0.2, 0.25) is 0 Å². The summed E-state index contributed by atoms with van der Waals surface area (Å²) in [5, 5.41) is 19.4. The molecule has 2 N–H and O–H groups in total. The number of carboxylic acids is 1. The number of amidine groups is 1. The number of amides is 1. The van der Waals surface area contributed by atoms with Gasteiger partial charge in [0.2, 0.25) is 0 Å². The van der Waals surface area contributed by atoms with Crippen LogP contribution < -0.4 is 4.74 Å². The number of phenols is 1. The van der Waals surface area contributed by atoms with Crippen molar-refractivity contribution in [3.8, 4) is 11.5 Å². The Hall–Kier alpha value is -2.78. The van der Waals surface area contributed by atoms with Gasteiger partial charge in [0.1, 0.15) is 0 Å². The molecule has 9 heteroatoms. The van der Waals surface area contributed by atoms with E-state index in [0.29, 0.717) is 25.8 Å². The number of likely N-dealkylation sites (N-methyl/N-ethyl adjacent to an activating group) is 1. The summed E-state index contributed by atoms with van der Waals surface area (Å²) < 4.78 is 5.57. The van der Waals surface area contributed by atoms with Gasteiger partial charge in [0.15, 0.2) is 16.7 Å². The van der Waals surface area contributed by atoms with Crippen LogP contribution in [0.4, 0.5) is 5.69 Å². The molecule has 0 spiro atoms. The van der Waals surface area contributed by atoms with Crippen LogP contribution in [0.3, 0.4) is 0 Å². The Morgan fingerprint density at radius 3 is 2.75 bits per heavy atom. The Bertz CT molecular complexity index is 1030. The molecule has 28 heavy (non-hydrogen) atoms. The molecule has 1 fully saturated rings. The number of carboxylic acid groups (broad SMARTS) is 1. The number of methoxy groups -OCH3 is 1. The number of nitrogens with zero attached hydrogens (tertiary/aromatic N) is 2. The second kappa shape index (κ2) is 8.07. The number of rotatable bonds is 4. The maximum atomic E-state index is 12.6. The number of aromatic carboxylic acids is 1. The molecule has 1 saturated heterocycles. The summed E-state index contributed by atoms with van der Waals surface area (Å²) in [6.07, 6.45) is 1.67. The summed E-state index contributed by atoms with van der Waals surface area (Å²) in [4.78, 5) is 29.9. The van der Waals surface area contributed by atoms with Crippen LogP contribution >= 0.6 is 27.7 Å². The van der Waals surface area contributed by atoms with Gasteiger partial charge in [-0.25, -0.2) is 9.79 Å². The van der Waals surface area contributed by atoms with Crippen LogP contribution in [-0.4, -0.2) is 46.3 Å². The Morgan fingerprint density at radius 2 is 2.07 bits per heavy atom. The van der Waals surface area contributed by atoms with E-state index in [0.717, 1.165) is 0 Å². The number of aromatic hydroxyl groups is 1. The lowest BCUT2D eigenvalue weighted by molar-refractivity contribution is -0.121. The Morgan fingerprint density at radius 1 is 1.32 bits per heavy atom. The van der Waals surface area contributed by atoms with E-state index in [1.54, 1.807) is 37.4 Å². The smallest absolute Gasteiger partial charge is 0.335 e. The second-order valence-corrected chi connectivity index (χ2v) is 7.64. The molecule has 0 atom stereocenters. The fourth-order valence-corrected chi connectivity index (χ4v) is 3.90. The first-order valence-corrected chi connectivity index (χ1v) is 9.57. The maximum Gasteiger partial charge on any atom is 0.335 e. The molecular weight excluding hydrogens is 448 g/mol. The fourth-order valence-electron chi connectivity index (χ4n) is 2.45. The lowest BCUT2D eigenvalue weighted by Gasteiger charge is -2.07. The molecule has 144 valence electrons. The third-order valence-electron chi connectivity index (χ3n) is 3.89. The van der Waals surface area contributed by atoms with Crippen molar-refractivity contribution >= 4 is 56.5 Å². The Balaban J connectivity index is 1.94. The number of hydrogen-bond acceptors (Lipinski definition) is 6. The van der Waals surface area contributed by atoms with Gasteiger partial charge in [-0.3, -0.25) is 9.69 Å². The highest BCUT2D eigenvalue weighted by molar-refractivity contribution is 9.10. The minimum atomic E-state index is -1.04. The molecule has 3 rings (SSSR count). The van der Waals surface area contributed by atoms with Crippen LogP contribution in [0.1, 0.15) is 15.9 Å². The van der Waals surface area contributed by atoms with Crippen molar-refractivity contribution in [1.29, 1.82) is 0 Å². The molecule has 1 aliphatic heterocycles. The molecule has 1 heterocycles. The summed E-state index contributed by atoms with van der Waals surface area (Å²) in [5.41, 5.74) is 1.23. The third kappa shape index (κ3) is 4.05. The highest BCUT2D eigenvalue weighted by Gasteiger charge is 2.30. The fraction of sp³-hybridized carbons (Fsp3) is 0.105. The third-order valence-corrected chi connectivity index (χ3v) is 5.55. The molecule has 1 aliphatic rings. The number of aliphatic imine (C=N–C) groups is 1. The first-order valence-electron chi connectivity index (χ1n) is 7.96. The highest BCUT2D eigenvalue weighted by Crippen LogP contribution is 2.38. The lowest BCUT2D eigenvalue weighted by atomic mass is 10.2. The number of ether oxygens (including phenoxy) is 1. The van der Waals surface area contributed by atoms with E-state index in [1.807, 2.05) is 0 Å². The van der Waals surface area contributed by atoms with Crippen molar-refractivity contribution < 1.29 is 24.5 Å². The van der Waals surface area contributed by atoms with E-state index in [9.17, 15) is 14.7 Å². The van der Waals surface area contributed by atoms with Crippen molar-refractivity contribution in [1.82, 2.24) is 4.90 Å². The largest absolute Gasteiger partial charge is 0.503 e. The van der Waals surface area contributed by atoms with Crippen molar-refractivity contribution in [3.05, 3.63) is 56.9 Å². The number of halogens is 1. The highest BCUT2D eigenvalue weighted by atomic mass is 79.9. The van der Waals surface area contributed by atoms with Crippen molar-refractivity contribution in [2.45, 2.75) is 0 Å². The molecule has 0 saturated carbocycles. The van der Waals surface area contributed by atoms with Gasteiger partial charge in [-0.2, -0.15) is 0 Å². The van der Waals surface area contributed by atoms with Gasteiger partial charge < -0.3 is 14.9 Å². The van der Waals surface area contributed by atoms with E-state index in [-0.39, 0.29) is 23.0 Å². The topological polar surface area (TPSA) is 99.4 Å². The van der Waals surface area contributed by atoms with Crippen LogP contribution in [0.5, 0.6) is 11.5 Å². The van der Waals surface area contributed by atoms with Crippen molar-refractivity contribution in [3.63, 3.8) is 0 Å². The van der Waals surface area contributed by atoms with Gasteiger partial charge in [0.25, 0.3) is 5.91 Å². The zero-order chi connectivity index (χ0) is 20.4. The minimum Gasteiger partial charge on any atom is -0.503 e. The maximum absolute atomic E-state index is 12.6. The van der Waals surface area contributed by atoms with Gasteiger partial charge in [0, 0.05) is 7.05 Å². The zero-order valence-electron chi connectivity index (χ0n) is 14.8. The van der Waals surface area contributed by atoms with Crippen LogP contribution in [0.25, 0.3) is 6.08 Å². The van der Waals surface area contributed by atoms with Crippen LogP contribution in [-0.2, 0) is 4.79 Å².